The molecule has 23 heavy (non-hydrogen) atoms. The van der Waals surface area contributed by atoms with Gasteiger partial charge in [-0.1, -0.05) is 18.2 Å². The van der Waals surface area contributed by atoms with Crippen LogP contribution < -0.4 is 0 Å². The first-order chi connectivity index (χ1) is 11.2. The second-order valence-electron chi connectivity index (χ2n) is 6.24. The van der Waals surface area contributed by atoms with Gasteiger partial charge in [-0.2, -0.15) is 5.10 Å². The van der Waals surface area contributed by atoms with E-state index >= 15 is 0 Å². The highest BCUT2D eigenvalue weighted by molar-refractivity contribution is 6.05. The Morgan fingerprint density at radius 1 is 1.35 bits per heavy atom. The molecule has 1 aliphatic carbocycles. The highest BCUT2D eigenvalue weighted by Crippen LogP contribution is 2.33. The van der Waals surface area contributed by atoms with Crippen LogP contribution in [0.2, 0.25) is 0 Å². The molecule has 2 aromatic rings. The van der Waals surface area contributed by atoms with E-state index in [0.29, 0.717) is 18.8 Å². The number of para-hydroxylation sites is 1. The Morgan fingerprint density at radius 2 is 2.17 bits per heavy atom. The molecule has 6 heteroatoms. The smallest absolute Gasteiger partial charge is 0.275 e. The zero-order chi connectivity index (χ0) is 16.0. The third kappa shape index (κ3) is 2.24. The molecule has 1 saturated heterocycles. The monoisotopic (exact) mass is 315 g/mol. The highest BCUT2D eigenvalue weighted by Gasteiger charge is 2.45. The standard InChI is InChI=1S/C17H21N3O3/c1-19-12-6-4-3-5-11(12)15(18-19)17(21)20-9-10-23-16-13(20)7-8-14(16)22-2/h3-6,13-14,16H,7-10H2,1-2H3/t13-,14+,16+/m0/s1. The summed E-state index contributed by atoms with van der Waals surface area (Å²) in [6.45, 7) is 1.17. The van der Waals surface area contributed by atoms with E-state index in [1.807, 2.05) is 36.2 Å². The predicted octanol–water partition coefficient (Wildman–Crippen LogP) is 1.59. The zero-order valence-electron chi connectivity index (χ0n) is 13.4. The van der Waals surface area contributed by atoms with E-state index < -0.39 is 0 Å². The van der Waals surface area contributed by atoms with Crippen molar-refractivity contribution in [3.8, 4) is 0 Å². The van der Waals surface area contributed by atoms with Crippen LogP contribution in [0.4, 0.5) is 0 Å². The third-order valence-electron chi connectivity index (χ3n) is 5.06. The number of carbonyl (C=O) groups excluding carboxylic acids is 1. The molecule has 3 atom stereocenters. The van der Waals surface area contributed by atoms with Gasteiger partial charge in [-0.25, -0.2) is 0 Å². The fourth-order valence-corrected chi connectivity index (χ4v) is 3.93. The molecule has 1 aromatic heterocycles. The molecule has 2 aliphatic rings. The van der Waals surface area contributed by atoms with Gasteiger partial charge in [0.2, 0.25) is 0 Å². The van der Waals surface area contributed by atoms with Crippen molar-refractivity contribution in [2.24, 2.45) is 7.05 Å². The molecule has 1 aliphatic heterocycles. The minimum atomic E-state index is -0.0207. The van der Waals surface area contributed by atoms with Gasteiger partial charge in [-0.3, -0.25) is 9.48 Å². The number of morpholine rings is 1. The Hall–Kier alpha value is -1.92. The molecule has 4 rings (SSSR count). The van der Waals surface area contributed by atoms with Gasteiger partial charge < -0.3 is 14.4 Å². The minimum Gasteiger partial charge on any atom is -0.379 e. The fourth-order valence-electron chi connectivity index (χ4n) is 3.93. The lowest BCUT2D eigenvalue weighted by molar-refractivity contribution is -0.0947. The molecule has 1 aromatic carbocycles. The molecule has 122 valence electrons. The van der Waals surface area contributed by atoms with E-state index in [-0.39, 0.29) is 24.2 Å². The summed E-state index contributed by atoms with van der Waals surface area (Å²) in [6, 6.07) is 7.93. The number of hydrogen-bond donors (Lipinski definition) is 0. The maximum atomic E-state index is 13.1. The number of aryl methyl sites for hydroxylation is 1. The van der Waals surface area contributed by atoms with Gasteiger partial charge in [0.05, 0.1) is 24.3 Å². The van der Waals surface area contributed by atoms with Gasteiger partial charge in [-0.05, 0) is 18.9 Å². The second kappa shape index (κ2) is 5.62. The summed E-state index contributed by atoms with van der Waals surface area (Å²) < 4.78 is 13.1. The zero-order valence-corrected chi connectivity index (χ0v) is 13.4. The maximum absolute atomic E-state index is 13.1. The van der Waals surface area contributed by atoms with E-state index in [0.717, 1.165) is 23.7 Å². The number of benzene rings is 1. The summed E-state index contributed by atoms with van der Waals surface area (Å²) >= 11 is 0. The first-order valence-corrected chi connectivity index (χ1v) is 8.08. The lowest BCUT2D eigenvalue weighted by Crippen LogP contribution is -2.53. The van der Waals surface area contributed by atoms with Crippen LogP contribution in [0.1, 0.15) is 23.3 Å². The number of amides is 1. The van der Waals surface area contributed by atoms with E-state index in [1.54, 1.807) is 11.8 Å². The van der Waals surface area contributed by atoms with E-state index in [9.17, 15) is 4.79 Å². The fraction of sp³-hybridized carbons (Fsp3) is 0.529. The van der Waals surface area contributed by atoms with Crippen molar-refractivity contribution < 1.29 is 14.3 Å². The van der Waals surface area contributed by atoms with Gasteiger partial charge in [0.25, 0.3) is 5.91 Å². The van der Waals surface area contributed by atoms with Crippen LogP contribution >= 0.6 is 0 Å². The lowest BCUT2D eigenvalue weighted by atomic mass is 10.1. The molecular weight excluding hydrogens is 294 g/mol. The Balaban J connectivity index is 1.68. The molecule has 0 spiro atoms. The molecule has 0 bridgehead atoms. The number of carbonyl (C=O) groups is 1. The van der Waals surface area contributed by atoms with E-state index in [2.05, 4.69) is 5.10 Å². The van der Waals surface area contributed by atoms with Crippen LogP contribution in [-0.4, -0.2) is 59.1 Å². The average molecular weight is 315 g/mol. The molecule has 0 radical (unpaired) electrons. The van der Waals surface area contributed by atoms with Crippen molar-refractivity contribution in [3.63, 3.8) is 0 Å². The van der Waals surface area contributed by atoms with Gasteiger partial charge in [-0.15, -0.1) is 0 Å². The summed E-state index contributed by atoms with van der Waals surface area (Å²) in [4.78, 5) is 15.1. The van der Waals surface area contributed by atoms with E-state index in [1.165, 1.54) is 0 Å². The number of ether oxygens (including phenoxy) is 2. The van der Waals surface area contributed by atoms with Crippen LogP contribution in [0.5, 0.6) is 0 Å². The predicted molar refractivity (Wildman–Crippen MR) is 85.3 cm³/mol. The van der Waals surface area contributed by atoms with Crippen molar-refractivity contribution in [2.75, 3.05) is 20.3 Å². The van der Waals surface area contributed by atoms with Crippen molar-refractivity contribution in [3.05, 3.63) is 30.0 Å². The summed E-state index contributed by atoms with van der Waals surface area (Å²) in [5, 5.41) is 5.38. The van der Waals surface area contributed by atoms with Gasteiger partial charge in [0.1, 0.15) is 6.10 Å². The van der Waals surface area contributed by atoms with Crippen molar-refractivity contribution in [1.82, 2.24) is 14.7 Å². The largest absolute Gasteiger partial charge is 0.379 e. The summed E-state index contributed by atoms with van der Waals surface area (Å²) in [5.41, 5.74) is 1.51. The Bertz CT molecular complexity index is 742. The second-order valence-corrected chi connectivity index (χ2v) is 6.24. The van der Waals surface area contributed by atoms with Crippen LogP contribution in [0.3, 0.4) is 0 Å². The number of rotatable bonds is 2. The molecular formula is C17H21N3O3. The van der Waals surface area contributed by atoms with Crippen LogP contribution in [0.25, 0.3) is 10.9 Å². The summed E-state index contributed by atoms with van der Waals surface area (Å²) in [6.07, 6.45) is 1.90. The first-order valence-electron chi connectivity index (χ1n) is 8.08. The quantitative estimate of drug-likeness (QED) is 0.844. The molecule has 1 amide bonds. The first kappa shape index (κ1) is 14.7. The molecule has 6 nitrogen and oxygen atoms in total. The topological polar surface area (TPSA) is 56.6 Å². The molecule has 2 heterocycles. The van der Waals surface area contributed by atoms with Gasteiger partial charge in [0, 0.05) is 26.1 Å². The number of fused-ring (bicyclic) bond motifs is 2. The molecule has 0 N–H and O–H groups in total. The lowest BCUT2D eigenvalue weighted by Gasteiger charge is -2.38. The van der Waals surface area contributed by atoms with Crippen molar-refractivity contribution in [2.45, 2.75) is 31.1 Å². The van der Waals surface area contributed by atoms with Gasteiger partial charge in [0.15, 0.2) is 5.69 Å². The molecule has 1 saturated carbocycles. The van der Waals surface area contributed by atoms with Crippen molar-refractivity contribution in [1.29, 1.82) is 0 Å². The number of aromatic nitrogens is 2. The molecule has 0 unspecified atom stereocenters. The number of methoxy groups -OCH3 is 1. The summed E-state index contributed by atoms with van der Waals surface area (Å²) in [5.74, 6) is -0.00291. The SMILES string of the molecule is CO[C@@H]1CC[C@H]2[C@H]1OCCN2C(=O)c1nn(C)c2ccccc12. The normalized spacial score (nSPS) is 27.4. The average Bonchev–Trinajstić information content (AvgIpc) is 3.15. The maximum Gasteiger partial charge on any atom is 0.275 e. The Kier molecular flexibility index (Phi) is 3.58. The minimum absolute atomic E-state index is 0.00291. The van der Waals surface area contributed by atoms with Crippen LogP contribution in [0.15, 0.2) is 24.3 Å². The highest BCUT2D eigenvalue weighted by atomic mass is 16.5. The summed E-state index contributed by atoms with van der Waals surface area (Å²) in [7, 11) is 3.58. The van der Waals surface area contributed by atoms with Crippen molar-refractivity contribution >= 4 is 16.8 Å². The Labute approximate surface area is 135 Å². The number of nitrogens with zero attached hydrogens (tertiary/aromatic N) is 3. The molecule has 2 fully saturated rings. The van der Waals surface area contributed by atoms with Gasteiger partial charge >= 0.3 is 0 Å². The van der Waals surface area contributed by atoms with E-state index in [4.69, 9.17) is 9.47 Å². The third-order valence-corrected chi connectivity index (χ3v) is 5.06. The van der Waals surface area contributed by atoms with Crippen LogP contribution in [-0.2, 0) is 16.5 Å². The Morgan fingerprint density at radius 3 is 3.00 bits per heavy atom. The number of hydrogen-bond acceptors (Lipinski definition) is 4. The van der Waals surface area contributed by atoms with Crippen LogP contribution in [0, 0.1) is 0 Å².